The normalized spacial score (nSPS) is 11.7. The highest BCUT2D eigenvalue weighted by Gasteiger charge is 2.31. The van der Waals surface area contributed by atoms with E-state index in [-0.39, 0.29) is 11.3 Å². The summed E-state index contributed by atoms with van der Waals surface area (Å²) in [5.74, 6) is -0.147. The molecular weight excluding hydrogens is 237 g/mol. The van der Waals surface area contributed by atoms with Crippen LogP contribution in [-0.4, -0.2) is 5.11 Å². The number of hydrogen-bond donors (Lipinski definition) is 1. The van der Waals surface area contributed by atoms with E-state index in [0.29, 0.717) is 5.56 Å². The van der Waals surface area contributed by atoms with Gasteiger partial charge >= 0.3 is 6.18 Å². The molecule has 16 heavy (non-hydrogen) atoms. The van der Waals surface area contributed by atoms with Crippen molar-refractivity contribution in [3.63, 3.8) is 0 Å². The highest BCUT2D eigenvalue weighted by Crippen LogP contribution is 2.37. The quantitative estimate of drug-likeness (QED) is 0.799. The molecule has 1 aromatic carbocycles. The molecule has 0 aliphatic carbocycles. The number of phenolic OH excluding ortho intramolecular Hbond substituents is 1. The Morgan fingerprint density at radius 2 is 1.88 bits per heavy atom. The number of thiophene rings is 1. The number of halogens is 3. The zero-order valence-corrected chi connectivity index (χ0v) is 8.77. The van der Waals surface area contributed by atoms with E-state index in [0.717, 1.165) is 18.2 Å². The first-order valence-corrected chi connectivity index (χ1v) is 5.35. The number of rotatable bonds is 1. The molecule has 2 aromatic rings. The minimum Gasteiger partial charge on any atom is -0.507 e. The summed E-state index contributed by atoms with van der Waals surface area (Å²) in [5.41, 5.74) is 0.0381. The van der Waals surface area contributed by atoms with Crippen molar-refractivity contribution in [1.29, 1.82) is 0 Å². The van der Waals surface area contributed by atoms with Gasteiger partial charge in [-0.3, -0.25) is 0 Å². The zero-order valence-electron chi connectivity index (χ0n) is 7.95. The van der Waals surface area contributed by atoms with Crippen molar-refractivity contribution < 1.29 is 18.3 Å². The highest BCUT2D eigenvalue weighted by molar-refractivity contribution is 7.08. The number of benzene rings is 1. The van der Waals surface area contributed by atoms with Crippen molar-refractivity contribution in [1.82, 2.24) is 0 Å². The molecule has 0 unspecified atom stereocenters. The van der Waals surface area contributed by atoms with Crippen LogP contribution in [0, 0.1) is 0 Å². The SMILES string of the molecule is Oc1ccc(C(F)(F)F)cc1-c1ccsc1. The molecule has 0 spiro atoms. The van der Waals surface area contributed by atoms with E-state index in [1.54, 1.807) is 16.8 Å². The molecule has 1 heterocycles. The van der Waals surface area contributed by atoms with Crippen LogP contribution < -0.4 is 0 Å². The Morgan fingerprint density at radius 3 is 2.44 bits per heavy atom. The molecule has 1 N–H and O–H groups in total. The predicted molar refractivity (Wildman–Crippen MR) is 56.4 cm³/mol. The van der Waals surface area contributed by atoms with Gasteiger partial charge in [-0.2, -0.15) is 24.5 Å². The molecule has 5 heteroatoms. The predicted octanol–water partition coefficient (Wildman–Crippen LogP) is 4.14. The van der Waals surface area contributed by atoms with E-state index in [9.17, 15) is 18.3 Å². The largest absolute Gasteiger partial charge is 0.507 e. The monoisotopic (exact) mass is 244 g/mol. The molecule has 0 atom stereocenters. The molecule has 0 saturated carbocycles. The molecule has 84 valence electrons. The number of phenols is 1. The summed E-state index contributed by atoms with van der Waals surface area (Å²) in [7, 11) is 0. The smallest absolute Gasteiger partial charge is 0.416 e. The third kappa shape index (κ3) is 2.04. The summed E-state index contributed by atoms with van der Waals surface area (Å²) in [6.45, 7) is 0. The Labute approximate surface area is 93.8 Å². The first kappa shape index (κ1) is 11.0. The molecule has 0 aliphatic rings. The maximum Gasteiger partial charge on any atom is 0.416 e. The molecule has 0 bridgehead atoms. The second kappa shape index (κ2) is 3.83. The van der Waals surface area contributed by atoms with Gasteiger partial charge < -0.3 is 5.11 Å². The van der Waals surface area contributed by atoms with E-state index in [4.69, 9.17) is 0 Å². The number of aromatic hydroxyl groups is 1. The number of hydrogen-bond acceptors (Lipinski definition) is 2. The lowest BCUT2D eigenvalue weighted by molar-refractivity contribution is -0.137. The molecule has 1 aromatic heterocycles. The van der Waals surface area contributed by atoms with Gasteiger partial charge in [-0.15, -0.1) is 0 Å². The fraction of sp³-hybridized carbons (Fsp3) is 0.0909. The van der Waals surface area contributed by atoms with Gasteiger partial charge in [0.05, 0.1) is 5.56 Å². The average Bonchev–Trinajstić information content (AvgIpc) is 2.69. The van der Waals surface area contributed by atoms with E-state index in [1.165, 1.54) is 11.3 Å². The molecule has 0 aliphatic heterocycles. The van der Waals surface area contributed by atoms with Crippen LogP contribution in [0.25, 0.3) is 11.1 Å². The van der Waals surface area contributed by atoms with E-state index < -0.39 is 11.7 Å². The standard InChI is InChI=1S/C11H7F3OS/c12-11(13,14)8-1-2-10(15)9(5-8)7-3-4-16-6-7/h1-6,15H. The van der Waals surface area contributed by atoms with Gasteiger partial charge in [0.1, 0.15) is 5.75 Å². The van der Waals surface area contributed by atoms with Crippen molar-refractivity contribution in [2.24, 2.45) is 0 Å². The fourth-order valence-corrected chi connectivity index (χ4v) is 2.02. The van der Waals surface area contributed by atoms with E-state index in [2.05, 4.69) is 0 Å². The molecule has 2 rings (SSSR count). The molecule has 0 saturated heterocycles. The van der Waals surface area contributed by atoms with Gasteiger partial charge in [-0.25, -0.2) is 0 Å². The summed E-state index contributed by atoms with van der Waals surface area (Å²) in [6, 6.07) is 4.55. The minimum atomic E-state index is -4.39. The van der Waals surface area contributed by atoms with Crippen LogP contribution in [0.2, 0.25) is 0 Å². The van der Waals surface area contributed by atoms with Crippen molar-refractivity contribution in [2.45, 2.75) is 6.18 Å². The highest BCUT2D eigenvalue weighted by atomic mass is 32.1. The molecule has 0 amide bonds. The lowest BCUT2D eigenvalue weighted by Gasteiger charge is -2.09. The van der Waals surface area contributed by atoms with Gasteiger partial charge in [0.2, 0.25) is 0 Å². The Kier molecular flexibility index (Phi) is 2.63. The lowest BCUT2D eigenvalue weighted by Crippen LogP contribution is -2.04. The number of alkyl halides is 3. The topological polar surface area (TPSA) is 20.2 Å². The fourth-order valence-electron chi connectivity index (χ4n) is 1.36. The third-order valence-corrected chi connectivity index (χ3v) is 2.84. The molecular formula is C11H7F3OS. The Hall–Kier alpha value is -1.49. The van der Waals surface area contributed by atoms with Crippen LogP contribution in [0.15, 0.2) is 35.0 Å². The Balaban J connectivity index is 2.54. The Bertz CT molecular complexity index is 488. The van der Waals surface area contributed by atoms with Crippen molar-refractivity contribution >= 4 is 11.3 Å². The maximum absolute atomic E-state index is 12.5. The van der Waals surface area contributed by atoms with E-state index in [1.807, 2.05) is 0 Å². The van der Waals surface area contributed by atoms with Crippen molar-refractivity contribution in [2.75, 3.05) is 0 Å². The molecule has 0 fully saturated rings. The lowest BCUT2D eigenvalue weighted by atomic mass is 10.0. The van der Waals surface area contributed by atoms with Gasteiger partial charge in [0.15, 0.2) is 0 Å². The van der Waals surface area contributed by atoms with E-state index >= 15 is 0 Å². The van der Waals surface area contributed by atoms with Crippen LogP contribution in [0.4, 0.5) is 13.2 Å². The van der Waals surface area contributed by atoms with Gasteiger partial charge in [0.25, 0.3) is 0 Å². The Morgan fingerprint density at radius 1 is 1.12 bits per heavy atom. The summed E-state index contributed by atoms with van der Waals surface area (Å²) < 4.78 is 37.4. The molecule has 0 radical (unpaired) electrons. The van der Waals surface area contributed by atoms with Gasteiger partial charge in [-0.05, 0) is 40.6 Å². The van der Waals surface area contributed by atoms with Gasteiger partial charge in [0, 0.05) is 5.56 Å². The first-order valence-electron chi connectivity index (χ1n) is 4.41. The average molecular weight is 244 g/mol. The van der Waals surface area contributed by atoms with Crippen LogP contribution >= 0.6 is 11.3 Å². The van der Waals surface area contributed by atoms with Crippen molar-refractivity contribution in [3.05, 3.63) is 40.6 Å². The second-order valence-corrected chi connectivity index (χ2v) is 4.02. The summed E-state index contributed by atoms with van der Waals surface area (Å²) >= 11 is 1.36. The third-order valence-electron chi connectivity index (χ3n) is 2.16. The second-order valence-electron chi connectivity index (χ2n) is 3.24. The maximum atomic E-state index is 12.5. The van der Waals surface area contributed by atoms with Crippen LogP contribution in [0.3, 0.4) is 0 Å². The summed E-state index contributed by atoms with van der Waals surface area (Å²) in [5, 5.41) is 12.9. The minimum absolute atomic E-state index is 0.147. The van der Waals surface area contributed by atoms with Crippen LogP contribution in [-0.2, 0) is 6.18 Å². The zero-order chi connectivity index (χ0) is 11.8. The first-order chi connectivity index (χ1) is 7.48. The molecule has 1 nitrogen and oxygen atoms in total. The van der Waals surface area contributed by atoms with Crippen LogP contribution in [0.1, 0.15) is 5.56 Å². The summed E-state index contributed by atoms with van der Waals surface area (Å²) in [6.07, 6.45) is -4.39. The summed E-state index contributed by atoms with van der Waals surface area (Å²) in [4.78, 5) is 0. The van der Waals surface area contributed by atoms with Crippen molar-refractivity contribution in [3.8, 4) is 16.9 Å². The van der Waals surface area contributed by atoms with Crippen LogP contribution in [0.5, 0.6) is 5.75 Å². The van der Waals surface area contributed by atoms with Gasteiger partial charge in [-0.1, -0.05) is 0 Å².